The van der Waals surface area contributed by atoms with E-state index in [9.17, 15) is 0 Å². The monoisotopic (exact) mass is 241 g/mol. The molecule has 0 radical (unpaired) electrons. The van der Waals surface area contributed by atoms with Crippen LogP contribution in [0.3, 0.4) is 0 Å². The topological polar surface area (TPSA) is 43.8 Å². The highest BCUT2D eigenvalue weighted by molar-refractivity contribution is 7.99. The van der Waals surface area contributed by atoms with E-state index in [1.807, 2.05) is 18.7 Å². The minimum absolute atomic E-state index is 0.0112. The van der Waals surface area contributed by atoms with Crippen LogP contribution in [0.2, 0.25) is 0 Å². The first kappa shape index (κ1) is 13.4. The van der Waals surface area contributed by atoms with Crippen molar-refractivity contribution in [2.75, 3.05) is 17.2 Å². The maximum atomic E-state index is 6.16. The number of nitrogen functional groups attached to an aromatic ring is 1. The number of hydrogen-bond acceptors (Lipinski definition) is 3. The second-order valence-corrected chi connectivity index (χ2v) is 6.34. The van der Waals surface area contributed by atoms with Gasteiger partial charge in [-0.25, -0.2) is 4.98 Å². The van der Waals surface area contributed by atoms with Crippen molar-refractivity contribution in [3.05, 3.63) is 11.5 Å². The number of anilines is 1. The van der Waals surface area contributed by atoms with E-state index in [-0.39, 0.29) is 5.54 Å². The molecule has 0 atom stereocenters. The van der Waals surface area contributed by atoms with E-state index in [4.69, 9.17) is 5.73 Å². The maximum Gasteiger partial charge on any atom is 0.127 e. The van der Waals surface area contributed by atoms with Crippen LogP contribution in [0, 0.1) is 6.92 Å². The Kier molecular flexibility index (Phi) is 4.30. The first-order chi connectivity index (χ1) is 7.38. The van der Waals surface area contributed by atoms with Crippen molar-refractivity contribution < 1.29 is 0 Å². The van der Waals surface area contributed by atoms with Gasteiger partial charge in [-0.1, -0.05) is 6.92 Å². The van der Waals surface area contributed by atoms with Gasteiger partial charge in [0.25, 0.3) is 0 Å². The van der Waals surface area contributed by atoms with Crippen molar-refractivity contribution >= 4 is 17.6 Å². The average molecular weight is 241 g/mol. The van der Waals surface area contributed by atoms with Crippen molar-refractivity contribution in [3.8, 4) is 0 Å². The van der Waals surface area contributed by atoms with Gasteiger partial charge < -0.3 is 10.3 Å². The summed E-state index contributed by atoms with van der Waals surface area (Å²) in [4.78, 5) is 4.57. The fourth-order valence-corrected chi connectivity index (χ4v) is 2.58. The molecule has 0 saturated heterocycles. The molecule has 0 saturated carbocycles. The lowest BCUT2D eigenvalue weighted by molar-refractivity contribution is 0.393. The van der Waals surface area contributed by atoms with Gasteiger partial charge in [-0.2, -0.15) is 11.8 Å². The van der Waals surface area contributed by atoms with Crippen LogP contribution in [-0.2, 0) is 12.0 Å². The Morgan fingerprint density at radius 3 is 2.44 bits per heavy atom. The van der Waals surface area contributed by atoms with Crippen molar-refractivity contribution in [1.29, 1.82) is 0 Å². The van der Waals surface area contributed by atoms with Gasteiger partial charge in [-0.15, -0.1) is 0 Å². The summed E-state index contributed by atoms with van der Waals surface area (Å²) in [6, 6.07) is 0. The quantitative estimate of drug-likeness (QED) is 0.824. The summed E-state index contributed by atoms with van der Waals surface area (Å²) in [7, 11) is 0. The van der Waals surface area contributed by atoms with Crippen molar-refractivity contribution in [1.82, 2.24) is 9.55 Å². The van der Waals surface area contributed by atoms with Crippen molar-refractivity contribution in [2.45, 2.75) is 46.6 Å². The molecule has 0 aliphatic rings. The first-order valence-electron chi connectivity index (χ1n) is 5.79. The Labute approximate surface area is 103 Å². The lowest BCUT2D eigenvalue weighted by Crippen LogP contribution is -2.24. The van der Waals surface area contributed by atoms with Gasteiger partial charge in [0.1, 0.15) is 11.6 Å². The number of nitrogens with two attached hydrogens (primary N) is 1. The van der Waals surface area contributed by atoms with Crippen LogP contribution in [-0.4, -0.2) is 21.1 Å². The van der Waals surface area contributed by atoms with E-state index in [0.717, 1.165) is 35.3 Å². The summed E-state index contributed by atoms with van der Waals surface area (Å²) in [5, 5.41) is 0. The zero-order valence-electron chi connectivity index (χ0n) is 11.0. The molecule has 1 aromatic rings. The molecule has 0 unspecified atom stereocenters. The van der Waals surface area contributed by atoms with E-state index >= 15 is 0 Å². The molecule has 92 valence electrons. The summed E-state index contributed by atoms with van der Waals surface area (Å²) in [5.74, 6) is 4.10. The molecule has 0 spiro atoms. The number of aryl methyl sites for hydroxylation is 2. The van der Waals surface area contributed by atoms with Gasteiger partial charge >= 0.3 is 0 Å². The predicted molar refractivity (Wildman–Crippen MR) is 73.1 cm³/mol. The number of rotatable bonds is 4. The van der Waals surface area contributed by atoms with E-state index in [2.05, 4.69) is 37.2 Å². The molecule has 0 bridgehead atoms. The van der Waals surface area contributed by atoms with Gasteiger partial charge in [-0.05, 0) is 39.2 Å². The molecule has 1 aromatic heterocycles. The van der Waals surface area contributed by atoms with Crippen LogP contribution in [0.5, 0.6) is 0 Å². The van der Waals surface area contributed by atoms with E-state index in [1.54, 1.807) is 0 Å². The Morgan fingerprint density at radius 1 is 1.38 bits per heavy atom. The largest absolute Gasteiger partial charge is 0.384 e. The number of aromatic nitrogens is 2. The zero-order valence-corrected chi connectivity index (χ0v) is 11.8. The molecular formula is C12H23N3S. The van der Waals surface area contributed by atoms with Gasteiger partial charge in [0.15, 0.2) is 0 Å². The molecule has 0 aromatic carbocycles. The Balaban J connectivity index is 2.89. The lowest BCUT2D eigenvalue weighted by atomic mass is 10.1. The van der Waals surface area contributed by atoms with Crippen LogP contribution in [0.25, 0.3) is 0 Å². The van der Waals surface area contributed by atoms with Crippen LogP contribution in [0.4, 0.5) is 5.82 Å². The second-order valence-electron chi connectivity index (χ2n) is 4.94. The third kappa shape index (κ3) is 2.94. The SMILES string of the molecule is CCSCCc1nc(C)n(C(C)(C)C)c1N. The Hall–Kier alpha value is -0.640. The van der Waals surface area contributed by atoms with Gasteiger partial charge in [0.05, 0.1) is 5.69 Å². The highest BCUT2D eigenvalue weighted by atomic mass is 32.2. The fourth-order valence-electron chi connectivity index (χ4n) is 1.95. The Bertz CT molecular complexity index is 350. The van der Waals surface area contributed by atoms with Crippen LogP contribution >= 0.6 is 11.8 Å². The third-order valence-corrected chi connectivity index (χ3v) is 3.42. The minimum atomic E-state index is 0.0112. The second kappa shape index (κ2) is 5.13. The summed E-state index contributed by atoms with van der Waals surface area (Å²) in [6.07, 6.45) is 0.967. The molecule has 16 heavy (non-hydrogen) atoms. The molecular weight excluding hydrogens is 218 g/mol. The lowest BCUT2D eigenvalue weighted by Gasteiger charge is -2.24. The minimum Gasteiger partial charge on any atom is -0.384 e. The van der Waals surface area contributed by atoms with Gasteiger partial charge in [0, 0.05) is 12.0 Å². The number of thioether (sulfide) groups is 1. The van der Waals surface area contributed by atoms with Crippen LogP contribution < -0.4 is 5.73 Å². The van der Waals surface area contributed by atoms with Crippen molar-refractivity contribution in [2.24, 2.45) is 0 Å². The molecule has 2 N–H and O–H groups in total. The van der Waals surface area contributed by atoms with E-state index < -0.39 is 0 Å². The number of hydrogen-bond donors (Lipinski definition) is 1. The molecule has 3 nitrogen and oxygen atoms in total. The molecule has 4 heteroatoms. The zero-order chi connectivity index (χ0) is 12.3. The first-order valence-corrected chi connectivity index (χ1v) is 6.95. The summed E-state index contributed by atoms with van der Waals surface area (Å²) in [6.45, 7) is 10.7. The summed E-state index contributed by atoms with van der Waals surface area (Å²) < 4.78 is 2.12. The Morgan fingerprint density at radius 2 is 2.00 bits per heavy atom. The smallest absolute Gasteiger partial charge is 0.127 e. The standard InChI is InChI=1S/C12H23N3S/c1-6-16-8-7-10-11(13)15(9(2)14-10)12(3,4)5/h6-8,13H2,1-5H3. The normalized spacial score (nSPS) is 12.1. The fraction of sp³-hybridized carbons (Fsp3) is 0.750. The molecule has 0 amide bonds. The maximum absolute atomic E-state index is 6.16. The van der Waals surface area contributed by atoms with Gasteiger partial charge in [0.2, 0.25) is 0 Å². The van der Waals surface area contributed by atoms with Crippen LogP contribution in [0.15, 0.2) is 0 Å². The summed E-state index contributed by atoms with van der Waals surface area (Å²) >= 11 is 1.93. The average Bonchev–Trinajstić information content (AvgIpc) is 2.41. The van der Waals surface area contributed by atoms with E-state index in [1.165, 1.54) is 0 Å². The van der Waals surface area contributed by atoms with Crippen LogP contribution in [0.1, 0.15) is 39.2 Å². The van der Waals surface area contributed by atoms with Gasteiger partial charge in [-0.3, -0.25) is 0 Å². The number of nitrogens with zero attached hydrogens (tertiary/aromatic N) is 2. The summed E-state index contributed by atoms with van der Waals surface area (Å²) in [5.41, 5.74) is 7.22. The molecule has 0 aliphatic heterocycles. The molecule has 1 rings (SSSR count). The molecule has 0 fully saturated rings. The number of imidazole rings is 1. The third-order valence-electron chi connectivity index (χ3n) is 2.52. The van der Waals surface area contributed by atoms with Crippen molar-refractivity contribution in [3.63, 3.8) is 0 Å². The highest BCUT2D eigenvalue weighted by Gasteiger charge is 2.21. The van der Waals surface area contributed by atoms with E-state index in [0.29, 0.717) is 0 Å². The molecule has 0 aliphatic carbocycles. The predicted octanol–water partition coefficient (Wildman–Crippen LogP) is 2.82. The molecule has 1 heterocycles. The highest BCUT2D eigenvalue weighted by Crippen LogP contribution is 2.25.